The highest BCUT2D eigenvalue weighted by Gasteiger charge is 2.19. The molecule has 0 bridgehead atoms. The second-order valence-corrected chi connectivity index (χ2v) is 7.27. The van der Waals surface area contributed by atoms with Crippen LogP contribution < -0.4 is 18.9 Å². The number of aryl methyl sites for hydroxylation is 2. The summed E-state index contributed by atoms with van der Waals surface area (Å²) in [6, 6.07) is 10.3. The molecule has 0 saturated carbocycles. The van der Waals surface area contributed by atoms with Crippen molar-refractivity contribution in [3.63, 3.8) is 0 Å². The minimum absolute atomic E-state index is 0.107. The lowest BCUT2D eigenvalue weighted by molar-refractivity contribution is 0.174. The fourth-order valence-electron chi connectivity index (χ4n) is 2.28. The highest BCUT2D eigenvalue weighted by molar-refractivity contribution is 7.89. The van der Waals surface area contributed by atoms with Crippen molar-refractivity contribution in [2.24, 2.45) is 0 Å². The van der Waals surface area contributed by atoms with Gasteiger partial charge in [0.2, 0.25) is 16.8 Å². The largest absolute Gasteiger partial charge is 0.492 e. The van der Waals surface area contributed by atoms with Crippen molar-refractivity contribution in [2.75, 3.05) is 19.9 Å². The van der Waals surface area contributed by atoms with Crippen LogP contribution in [0.25, 0.3) is 0 Å². The van der Waals surface area contributed by atoms with Gasteiger partial charge in [-0.25, -0.2) is 13.1 Å². The van der Waals surface area contributed by atoms with E-state index >= 15 is 0 Å². The molecule has 3 rings (SSSR count). The van der Waals surface area contributed by atoms with Crippen molar-refractivity contribution in [1.29, 1.82) is 0 Å². The molecule has 1 N–H and O–H groups in total. The predicted molar refractivity (Wildman–Crippen MR) is 89.2 cm³/mol. The monoisotopic (exact) mass is 349 g/mol. The van der Waals surface area contributed by atoms with E-state index in [1.54, 1.807) is 6.07 Å². The van der Waals surface area contributed by atoms with Crippen molar-refractivity contribution in [3.05, 3.63) is 47.5 Å². The van der Waals surface area contributed by atoms with Gasteiger partial charge in [0.25, 0.3) is 0 Å². The number of hydrogen-bond donors (Lipinski definition) is 1. The van der Waals surface area contributed by atoms with Gasteiger partial charge in [-0.2, -0.15) is 0 Å². The predicted octanol–water partition coefficient (Wildman–Crippen LogP) is 2.39. The van der Waals surface area contributed by atoms with Gasteiger partial charge in [0.15, 0.2) is 11.5 Å². The van der Waals surface area contributed by atoms with Gasteiger partial charge in [-0.05, 0) is 49.2 Å². The summed E-state index contributed by atoms with van der Waals surface area (Å²) in [4.78, 5) is 0.137. The molecule has 2 aromatic rings. The number of benzene rings is 2. The Morgan fingerprint density at radius 3 is 2.62 bits per heavy atom. The van der Waals surface area contributed by atoms with Crippen molar-refractivity contribution in [2.45, 2.75) is 18.7 Å². The Kier molecular flexibility index (Phi) is 4.64. The zero-order valence-electron chi connectivity index (χ0n) is 13.5. The smallest absolute Gasteiger partial charge is 0.240 e. The maximum atomic E-state index is 12.3. The summed E-state index contributed by atoms with van der Waals surface area (Å²) in [5, 5.41) is 0. The molecule has 1 aliphatic heterocycles. The van der Waals surface area contributed by atoms with E-state index in [0.717, 1.165) is 11.3 Å². The van der Waals surface area contributed by atoms with E-state index in [9.17, 15) is 8.42 Å². The highest BCUT2D eigenvalue weighted by atomic mass is 32.2. The van der Waals surface area contributed by atoms with Gasteiger partial charge in [-0.3, -0.25) is 0 Å². The molecule has 2 aromatic carbocycles. The van der Waals surface area contributed by atoms with Gasteiger partial charge in [-0.15, -0.1) is 0 Å². The Bertz CT molecular complexity index is 848. The SMILES string of the molecule is Cc1ccc(OCCNS(=O)(=O)c2ccc3c(c2)OCO3)cc1C. The zero-order valence-corrected chi connectivity index (χ0v) is 14.4. The second kappa shape index (κ2) is 6.70. The summed E-state index contributed by atoms with van der Waals surface area (Å²) < 4.78 is 43.0. The number of fused-ring (bicyclic) bond motifs is 1. The Labute approximate surface area is 141 Å². The number of rotatable bonds is 6. The highest BCUT2D eigenvalue weighted by Crippen LogP contribution is 2.33. The molecule has 128 valence electrons. The van der Waals surface area contributed by atoms with Crippen LogP contribution >= 0.6 is 0 Å². The molecule has 0 radical (unpaired) electrons. The van der Waals surface area contributed by atoms with Crippen molar-refractivity contribution >= 4 is 10.0 Å². The normalized spacial score (nSPS) is 13.1. The minimum Gasteiger partial charge on any atom is -0.492 e. The lowest BCUT2D eigenvalue weighted by atomic mass is 10.1. The Morgan fingerprint density at radius 2 is 1.83 bits per heavy atom. The average molecular weight is 349 g/mol. The van der Waals surface area contributed by atoms with E-state index in [1.807, 2.05) is 32.0 Å². The quantitative estimate of drug-likeness (QED) is 0.811. The van der Waals surface area contributed by atoms with Crippen LogP contribution in [0.5, 0.6) is 17.2 Å². The summed E-state index contributed by atoms with van der Waals surface area (Å²) in [5.74, 6) is 1.71. The fraction of sp³-hybridized carbons (Fsp3) is 0.294. The van der Waals surface area contributed by atoms with Crippen LogP contribution in [-0.2, 0) is 10.0 Å². The van der Waals surface area contributed by atoms with Gasteiger partial charge in [0.05, 0.1) is 4.90 Å². The first-order valence-corrected chi connectivity index (χ1v) is 9.03. The number of hydrogen-bond acceptors (Lipinski definition) is 5. The Hall–Kier alpha value is -2.25. The third-order valence-corrected chi connectivity index (χ3v) is 5.25. The lowest BCUT2D eigenvalue weighted by Gasteiger charge is -2.10. The molecule has 24 heavy (non-hydrogen) atoms. The van der Waals surface area contributed by atoms with Crippen molar-refractivity contribution in [3.8, 4) is 17.2 Å². The van der Waals surface area contributed by atoms with Crippen LogP contribution in [-0.4, -0.2) is 28.4 Å². The molecule has 7 heteroatoms. The summed E-state index contributed by atoms with van der Waals surface area (Å²) in [7, 11) is -3.62. The molecule has 0 spiro atoms. The third-order valence-electron chi connectivity index (χ3n) is 3.80. The Balaban J connectivity index is 1.56. The van der Waals surface area contributed by atoms with E-state index < -0.39 is 10.0 Å². The van der Waals surface area contributed by atoms with E-state index in [1.165, 1.54) is 17.7 Å². The van der Waals surface area contributed by atoms with Gasteiger partial charge >= 0.3 is 0 Å². The molecular weight excluding hydrogens is 330 g/mol. The standard InChI is InChI=1S/C17H19NO5S/c1-12-3-4-14(9-13(12)2)21-8-7-18-24(19,20)15-5-6-16-17(10-15)23-11-22-16/h3-6,9-10,18H,7-8,11H2,1-2H3. The van der Waals surface area contributed by atoms with Crippen LogP contribution in [0.4, 0.5) is 0 Å². The summed E-state index contributed by atoms with van der Waals surface area (Å²) in [6.45, 7) is 4.55. The molecule has 0 atom stereocenters. The van der Waals surface area contributed by atoms with Gasteiger partial charge in [0, 0.05) is 12.6 Å². The third kappa shape index (κ3) is 3.63. The van der Waals surface area contributed by atoms with Crippen molar-refractivity contribution in [1.82, 2.24) is 4.72 Å². The summed E-state index contributed by atoms with van der Waals surface area (Å²) in [6.07, 6.45) is 0. The first-order valence-electron chi connectivity index (χ1n) is 7.55. The zero-order chi connectivity index (χ0) is 17.2. The molecule has 0 aromatic heterocycles. The van der Waals surface area contributed by atoms with Crippen LogP contribution in [0.3, 0.4) is 0 Å². The molecule has 0 saturated heterocycles. The van der Waals surface area contributed by atoms with Crippen LogP contribution in [0, 0.1) is 13.8 Å². The molecule has 1 heterocycles. The van der Waals surface area contributed by atoms with Crippen LogP contribution in [0.2, 0.25) is 0 Å². The first kappa shape index (κ1) is 16.6. The van der Waals surface area contributed by atoms with E-state index in [2.05, 4.69) is 4.72 Å². The minimum atomic E-state index is -3.62. The Morgan fingerprint density at radius 1 is 1.04 bits per heavy atom. The van der Waals surface area contributed by atoms with E-state index in [0.29, 0.717) is 11.5 Å². The molecule has 0 aliphatic carbocycles. The number of ether oxygens (including phenoxy) is 3. The van der Waals surface area contributed by atoms with Gasteiger partial charge < -0.3 is 14.2 Å². The number of nitrogens with one attached hydrogen (secondary N) is 1. The molecule has 1 aliphatic rings. The maximum absolute atomic E-state index is 12.3. The molecule has 6 nitrogen and oxygen atoms in total. The molecule has 0 fully saturated rings. The van der Waals surface area contributed by atoms with Crippen LogP contribution in [0.15, 0.2) is 41.3 Å². The van der Waals surface area contributed by atoms with E-state index in [-0.39, 0.29) is 24.8 Å². The molecular formula is C17H19NO5S. The summed E-state index contributed by atoms with van der Waals surface area (Å²) in [5.41, 5.74) is 2.32. The van der Waals surface area contributed by atoms with E-state index in [4.69, 9.17) is 14.2 Å². The number of sulfonamides is 1. The summed E-state index contributed by atoms with van der Waals surface area (Å²) >= 11 is 0. The fourth-order valence-corrected chi connectivity index (χ4v) is 3.30. The lowest BCUT2D eigenvalue weighted by Crippen LogP contribution is -2.28. The molecule has 0 unspecified atom stereocenters. The molecule has 0 amide bonds. The second-order valence-electron chi connectivity index (χ2n) is 5.51. The topological polar surface area (TPSA) is 73.9 Å². The maximum Gasteiger partial charge on any atom is 0.240 e. The average Bonchev–Trinajstić information content (AvgIpc) is 3.02. The van der Waals surface area contributed by atoms with Gasteiger partial charge in [-0.1, -0.05) is 6.07 Å². The van der Waals surface area contributed by atoms with Gasteiger partial charge in [0.1, 0.15) is 12.4 Å². The first-order chi connectivity index (χ1) is 11.5. The van der Waals surface area contributed by atoms with Crippen molar-refractivity contribution < 1.29 is 22.6 Å². The van der Waals surface area contributed by atoms with Crippen LogP contribution in [0.1, 0.15) is 11.1 Å².